The summed E-state index contributed by atoms with van der Waals surface area (Å²) in [5, 5.41) is 13.3. The van der Waals surface area contributed by atoms with Crippen LogP contribution in [0.15, 0.2) is 30.5 Å². The molecule has 1 aliphatic rings. The van der Waals surface area contributed by atoms with E-state index in [1.165, 1.54) is 6.20 Å². The zero-order valence-corrected chi connectivity index (χ0v) is 16.3. The maximum Gasteiger partial charge on any atom is 0.390 e. The molecule has 3 heterocycles. The number of likely N-dealkylation sites (tertiary alicyclic amines) is 1. The molecule has 1 N–H and O–H groups in total. The SMILES string of the molecule is OC1CCN(CCC(F)(F)F)CC1n1c2ccc(Cl)cc2c2cc(Cl)cnc21. The monoisotopic (exact) mass is 431 g/mol. The van der Waals surface area contributed by atoms with Gasteiger partial charge < -0.3 is 14.6 Å². The lowest BCUT2D eigenvalue weighted by Crippen LogP contribution is -2.45. The number of halogens is 5. The first-order chi connectivity index (χ1) is 13.2. The van der Waals surface area contributed by atoms with E-state index in [2.05, 4.69) is 4.98 Å². The third kappa shape index (κ3) is 3.81. The summed E-state index contributed by atoms with van der Waals surface area (Å²) >= 11 is 12.3. The van der Waals surface area contributed by atoms with Gasteiger partial charge in [0.05, 0.1) is 29.1 Å². The molecular formula is C19H18Cl2F3N3O. The molecule has 0 saturated carbocycles. The Bertz CT molecular complexity index is 962. The summed E-state index contributed by atoms with van der Waals surface area (Å²) in [6.07, 6.45) is -3.84. The van der Waals surface area contributed by atoms with Crippen molar-refractivity contribution in [1.29, 1.82) is 0 Å². The molecule has 4 rings (SSSR count). The third-order valence-electron chi connectivity index (χ3n) is 5.24. The molecule has 1 fully saturated rings. The second kappa shape index (κ2) is 7.37. The summed E-state index contributed by atoms with van der Waals surface area (Å²) < 4.78 is 39.8. The lowest BCUT2D eigenvalue weighted by atomic mass is 10.0. The van der Waals surface area contributed by atoms with Gasteiger partial charge in [0.15, 0.2) is 0 Å². The average molecular weight is 432 g/mol. The quantitative estimate of drug-likeness (QED) is 0.630. The minimum absolute atomic E-state index is 0.0884. The molecule has 0 amide bonds. The molecule has 0 spiro atoms. The predicted octanol–water partition coefficient (Wildman–Crippen LogP) is 5.06. The number of aliphatic hydroxyl groups excluding tert-OH is 1. The Kier molecular flexibility index (Phi) is 5.20. The van der Waals surface area contributed by atoms with E-state index in [9.17, 15) is 18.3 Å². The Morgan fingerprint density at radius 1 is 1.14 bits per heavy atom. The minimum atomic E-state index is -4.20. The molecule has 0 radical (unpaired) electrons. The average Bonchev–Trinajstić information content (AvgIpc) is 2.93. The van der Waals surface area contributed by atoms with E-state index in [1.54, 1.807) is 17.0 Å². The lowest BCUT2D eigenvalue weighted by molar-refractivity contribution is -0.139. The molecule has 3 aromatic rings. The van der Waals surface area contributed by atoms with E-state index in [1.807, 2.05) is 16.7 Å². The van der Waals surface area contributed by atoms with Crippen molar-refractivity contribution in [3.8, 4) is 0 Å². The van der Waals surface area contributed by atoms with Crippen LogP contribution in [0.4, 0.5) is 13.2 Å². The Morgan fingerprint density at radius 2 is 1.89 bits per heavy atom. The van der Waals surface area contributed by atoms with Gasteiger partial charge in [-0.2, -0.15) is 13.2 Å². The lowest BCUT2D eigenvalue weighted by Gasteiger charge is -2.37. The smallest absolute Gasteiger partial charge is 0.390 e. The van der Waals surface area contributed by atoms with Crippen LogP contribution in [0.2, 0.25) is 10.0 Å². The van der Waals surface area contributed by atoms with Gasteiger partial charge in [0, 0.05) is 41.6 Å². The largest absolute Gasteiger partial charge is 0.391 e. The Labute approximate surface area is 169 Å². The Balaban J connectivity index is 1.78. The van der Waals surface area contributed by atoms with Gasteiger partial charge in [-0.15, -0.1) is 0 Å². The number of nitrogens with zero attached hydrogens (tertiary/aromatic N) is 3. The van der Waals surface area contributed by atoms with Gasteiger partial charge in [-0.1, -0.05) is 23.2 Å². The number of rotatable bonds is 3. The van der Waals surface area contributed by atoms with Crippen molar-refractivity contribution >= 4 is 45.1 Å². The van der Waals surface area contributed by atoms with Crippen molar-refractivity contribution in [3.63, 3.8) is 0 Å². The number of hydrogen-bond donors (Lipinski definition) is 1. The van der Waals surface area contributed by atoms with Crippen LogP contribution in [0.3, 0.4) is 0 Å². The number of aliphatic hydroxyl groups is 1. The van der Waals surface area contributed by atoms with Gasteiger partial charge in [0.1, 0.15) is 5.65 Å². The highest BCUT2D eigenvalue weighted by atomic mass is 35.5. The fourth-order valence-corrected chi connectivity index (χ4v) is 4.26. The number of aromatic nitrogens is 2. The summed E-state index contributed by atoms with van der Waals surface area (Å²) in [6, 6.07) is 6.77. The summed E-state index contributed by atoms with van der Waals surface area (Å²) in [5.41, 5.74) is 1.44. The number of fused-ring (bicyclic) bond motifs is 3. The first-order valence-electron chi connectivity index (χ1n) is 8.95. The van der Waals surface area contributed by atoms with Crippen molar-refractivity contribution < 1.29 is 18.3 Å². The molecule has 2 atom stereocenters. The van der Waals surface area contributed by atoms with Crippen LogP contribution >= 0.6 is 23.2 Å². The molecule has 0 bridgehead atoms. The third-order valence-corrected chi connectivity index (χ3v) is 5.69. The van der Waals surface area contributed by atoms with E-state index < -0.39 is 24.7 Å². The standard InChI is InChI=1S/C19H18Cl2F3N3O/c20-11-1-2-15-13(7-11)14-8-12(21)9-25-18(14)27(15)16-10-26(5-3-17(16)28)6-4-19(22,23)24/h1-2,7-9,16-17,28H,3-6,10H2. The maximum atomic E-state index is 12.6. The molecule has 150 valence electrons. The maximum absolute atomic E-state index is 12.6. The van der Waals surface area contributed by atoms with Crippen molar-refractivity contribution in [1.82, 2.24) is 14.5 Å². The molecule has 28 heavy (non-hydrogen) atoms. The summed E-state index contributed by atoms with van der Waals surface area (Å²) in [6.45, 7) is 0.647. The zero-order valence-electron chi connectivity index (χ0n) is 14.8. The van der Waals surface area contributed by atoms with Crippen LogP contribution in [0, 0.1) is 0 Å². The van der Waals surface area contributed by atoms with Crippen molar-refractivity contribution in [2.24, 2.45) is 0 Å². The van der Waals surface area contributed by atoms with E-state index in [0.717, 1.165) is 16.3 Å². The van der Waals surface area contributed by atoms with Gasteiger partial charge in [-0.3, -0.25) is 0 Å². The molecule has 2 aromatic heterocycles. The van der Waals surface area contributed by atoms with E-state index >= 15 is 0 Å². The number of piperidine rings is 1. The predicted molar refractivity (Wildman–Crippen MR) is 104 cm³/mol. The van der Waals surface area contributed by atoms with Crippen LogP contribution in [-0.4, -0.2) is 51.5 Å². The van der Waals surface area contributed by atoms with Gasteiger partial charge in [0.25, 0.3) is 0 Å². The molecule has 1 aromatic carbocycles. The van der Waals surface area contributed by atoms with Gasteiger partial charge in [-0.05, 0) is 30.7 Å². The summed E-state index contributed by atoms with van der Waals surface area (Å²) in [7, 11) is 0. The second-order valence-electron chi connectivity index (χ2n) is 7.15. The Hall–Kier alpha value is -1.54. The number of pyridine rings is 1. The molecule has 1 saturated heterocycles. The molecule has 4 nitrogen and oxygen atoms in total. The highest BCUT2D eigenvalue weighted by Crippen LogP contribution is 2.36. The molecule has 9 heteroatoms. The zero-order chi connectivity index (χ0) is 20.1. The van der Waals surface area contributed by atoms with E-state index in [-0.39, 0.29) is 6.54 Å². The van der Waals surface area contributed by atoms with Crippen LogP contribution in [0.1, 0.15) is 18.9 Å². The van der Waals surface area contributed by atoms with Gasteiger partial charge >= 0.3 is 6.18 Å². The second-order valence-corrected chi connectivity index (χ2v) is 8.02. The number of benzene rings is 1. The summed E-state index contributed by atoms with van der Waals surface area (Å²) in [5.74, 6) is 0. The van der Waals surface area contributed by atoms with Crippen molar-refractivity contribution in [2.45, 2.75) is 31.2 Å². The van der Waals surface area contributed by atoms with Crippen LogP contribution in [0.5, 0.6) is 0 Å². The van der Waals surface area contributed by atoms with Gasteiger partial charge in [0.2, 0.25) is 0 Å². The normalized spacial score (nSPS) is 21.6. The molecule has 1 aliphatic heterocycles. The van der Waals surface area contributed by atoms with Crippen LogP contribution in [0.25, 0.3) is 21.9 Å². The Morgan fingerprint density at radius 3 is 2.64 bits per heavy atom. The highest BCUT2D eigenvalue weighted by Gasteiger charge is 2.34. The number of hydrogen-bond acceptors (Lipinski definition) is 3. The number of alkyl halides is 3. The topological polar surface area (TPSA) is 41.3 Å². The van der Waals surface area contributed by atoms with Crippen molar-refractivity contribution in [3.05, 3.63) is 40.5 Å². The van der Waals surface area contributed by atoms with Crippen molar-refractivity contribution in [2.75, 3.05) is 19.6 Å². The fraction of sp³-hybridized carbons (Fsp3) is 0.421. The van der Waals surface area contributed by atoms with E-state index in [0.29, 0.717) is 35.2 Å². The van der Waals surface area contributed by atoms with E-state index in [4.69, 9.17) is 23.2 Å². The highest BCUT2D eigenvalue weighted by molar-refractivity contribution is 6.33. The van der Waals surface area contributed by atoms with Crippen LogP contribution < -0.4 is 0 Å². The molecular weight excluding hydrogens is 414 g/mol. The fourth-order valence-electron chi connectivity index (χ4n) is 3.93. The first kappa shape index (κ1) is 19.8. The molecule has 0 aliphatic carbocycles. The first-order valence-corrected chi connectivity index (χ1v) is 9.70. The molecule has 2 unspecified atom stereocenters. The minimum Gasteiger partial charge on any atom is -0.391 e. The van der Waals surface area contributed by atoms with Crippen LogP contribution in [-0.2, 0) is 0 Å². The summed E-state index contributed by atoms with van der Waals surface area (Å²) in [4.78, 5) is 6.19. The van der Waals surface area contributed by atoms with Gasteiger partial charge in [-0.25, -0.2) is 4.98 Å².